The number of aryl methyl sites for hydroxylation is 1. The number of halogens is 1. The van der Waals surface area contributed by atoms with Gasteiger partial charge < -0.3 is 14.4 Å². The molecule has 2 aromatic carbocycles. The maximum absolute atomic E-state index is 13.7. The van der Waals surface area contributed by atoms with Gasteiger partial charge in [-0.3, -0.25) is 9.59 Å². The van der Waals surface area contributed by atoms with Crippen molar-refractivity contribution in [2.24, 2.45) is 5.92 Å². The maximum Gasteiger partial charge on any atom is 0.311 e. The summed E-state index contributed by atoms with van der Waals surface area (Å²) in [6.07, 6.45) is 0.114. The lowest BCUT2D eigenvalue weighted by atomic mass is 10.1. The Bertz CT molecular complexity index is 880. The van der Waals surface area contributed by atoms with E-state index in [-0.39, 0.29) is 24.7 Å². The highest BCUT2D eigenvalue weighted by molar-refractivity contribution is 6.00. The second-order valence-corrected chi connectivity index (χ2v) is 6.70. The fourth-order valence-corrected chi connectivity index (χ4v) is 3.20. The Morgan fingerprint density at radius 2 is 2.04 bits per heavy atom. The lowest BCUT2D eigenvalue weighted by Gasteiger charge is -2.20. The number of amides is 1. The summed E-state index contributed by atoms with van der Waals surface area (Å²) in [5.41, 5.74) is 3.46. The van der Waals surface area contributed by atoms with Gasteiger partial charge in [0.25, 0.3) is 0 Å². The molecule has 0 spiro atoms. The highest BCUT2D eigenvalue weighted by Crippen LogP contribution is 2.30. The summed E-state index contributed by atoms with van der Waals surface area (Å²) < 4.78 is 23.9. The minimum absolute atomic E-state index is 0.0477. The number of hydrogen-bond acceptors (Lipinski definition) is 4. The summed E-state index contributed by atoms with van der Waals surface area (Å²) in [6, 6.07) is 10.2. The van der Waals surface area contributed by atoms with E-state index >= 15 is 0 Å². The van der Waals surface area contributed by atoms with Crippen LogP contribution in [0, 0.1) is 25.6 Å². The molecule has 1 saturated heterocycles. The van der Waals surface area contributed by atoms with Gasteiger partial charge in [-0.25, -0.2) is 4.39 Å². The third-order valence-electron chi connectivity index (χ3n) is 4.92. The number of esters is 1. The summed E-state index contributed by atoms with van der Waals surface area (Å²) in [6.45, 7) is 4.19. The average molecular weight is 371 g/mol. The van der Waals surface area contributed by atoms with Crippen LogP contribution >= 0.6 is 0 Å². The predicted octanol–water partition coefficient (Wildman–Crippen LogP) is 3.55. The second kappa shape index (κ2) is 7.78. The van der Waals surface area contributed by atoms with Crippen molar-refractivity contribution in [2.75, 3.05) is 18.6 Å². The van der Waals surface area contributed by atoms with Crippen LogP contribution in [0.1, 0.15) is 23.1 Å². The highest BCUT2D eigenvalue weighted by Gasteiger charge is 2.36. The molecule has 1 heterocycles. The molecule has 1 aliphatic heterocycles. The van der Waals surface area contributed by atoms with Crippen molar-refractivity contribution in [3.05, 3.63) is 58.9 Å². The van der Waals surface area contributed by atoms with E-state index in [0.29, 0.717) is 12.1 Å². The highest BCUT2D eigenvalue weighted by atomic mass is 19.1. The van der Waals surface area contributed by atoms with Crippen molar-refractivity contribution >= 4 is 17.6 Å². The van der Waals surface area contributed by atoms with Crippen LogP contribution < -0.4 is 9.64 Å². The summed E-state index contributed by atoms with van der Waals surface area (Å²) in [5.74, 6) is -1.45. The Morgan fingerprint density at radius 3 is 2.74 bits per heavy atom. The molecule has 0 bridgehead atoms. The third kappa shape index (κ3) is 3.94. The van der Waals surface area contributed by atoms with Gasteiger partial charge >= 0.3 is 5.97 Å². The van der Waals surface area contributed by atoms with E-state index in [2.05, 4.69) is 0 Å². The number of benzene rings is 2. The Balaban J connectivity index is 1.64. The zero-order valence-electron chi connectivity index (χ0n) is 15.6. The van der Waals surface area contributed by atoms with E-state index in [1.165, 1.54) is 19.2 Å². The Labute approximate surface area is 157 Å². The molecular weight excluding hydrogens is 349 g/mol. The molecule has 0 aromatic heterocycles. The largest absolute Gasteiger partial charge is 0.494 e. The molecule has 2 aromatic rings. The van der Waals surface area contributed by atoms with Crippen molar-refractivity contribution in [3.8, 4) is 5.75 Å². The minimum atomic E-state index is -0.527. The van der Waals surface area contributed by atoms with Crippen LogP contribution in [0.4, 0.5) is 10.1 Å². The lowest BCUT2D eigenvalue weighted by molar-refractivity contribution is -0.149. The first-order valence-electron chi connectivity index (χ1n) is 8.76. The predicted molar refractivity (Wildman–Crippen MR) is 99.1 cm³/mol. The molecule has 1 atom stereocenters. The second-order valence-electron chi connectivity index (χ2n) is 6.70. The molecular formula is C21H22FNO4. The SMILES string of the molecule is COc1ccc(COC(=O)[C@@H]2CC(=O)N(c3cccc(C)c3C)C2)cc1F. The first kappa shape index (κ1) is 18.9. The molecule has 1 fully saturated rings. The summed E-state index contributed by atoms with van der Waals surface area (Å²) in [4.78, 5) is 26.4. The molecule has 27 heavy (non-hydrogen) atoms. The van der Waals surface area contributed by atoms with Crippen molar-refractivity contribution in [3.63, 3.8) is 0 Å². The van der Waals surface area contributed by atoms with E-state index in [9.17, 15) is 14.0 Å². The molecule has 5 nitrogen and oxygen atoms in total. The smallest absolute Gasteiger partial charge is 0.311 e. The quantitative estimate of drug-likeness (QED) is 0.755. The van der Waals surface area contributed by atoms with Gasteiger partial charge in [0.1, 0.15) is 6.61 Å². The minimum Gasteiger partial charge on any atom is -0.494 e. The Kier molecular flexibility index (Phi) is 5.44. The average Bonchev–Trinajstić information content (AvgIpc) is 3.04. The molecule has 0 aliphatic carbocycles. The third-order valence-corrected chi connectivity index (χ3v) is 4.92. The number of anilines is 1. The van der Waals surface area contributed by atoms with Gasteiger partial charge in [-0.15, -0.1) is 0 Å². The molecule has 0 N–H and O–H groups in total. The molecule has 0 saturated carbocycles. The Hall–Kier alpha value is -2.89. The number of hydrogen-bond donors (Lipinski definition) is 0. The summed E-state index contributed by atoms with van der Waals surface area (Å²) in [7, 11) is 1.39. The number of carbonyl (C=O) groups excluding carboxylic acids is 2. The van der Waals surface area contributed by atoms with Gasteiger partial charge in [0.05, 0.1) is 13.0 Å². The van der Waals surface area contributed by atoms with Gasteiger partial charge in [0, 0.05) is 18.7 Å². The van der Waals surface area contributed by atoms with Crippen LogP contribution in [0.2, 0.25) is 0 Å². The topological polar surface area (TPSA) is 55.8 Å². The van der Waals surface area contributed by atoms with Crippen molar-refractivity contribution < 1.29 is 23.5 Å². The van der Waals surface area contributed by atoms with Crippen LogP contribution in [0.3, 0.4) is 0 Å². The normalized spacial score (nSPS) is 16.5. The molecule has 1 aliphatic rings. The number of ether oxygens (including phenoxy) is 2. The number of methoxy groups -OCH3 is 1. The fraction of sp³-hybridized carbons (Fsp3) is 0.333. The fourth-order valence-electron chi connectivity index (χ4n) is 3.20. The van der Waals surface area contributed by atoms with Gasteiger partial charge in [-0.2, -0.15) is 0 Å². The number of carbonyl (C=O) groups is 2. The monoisotopic (exact) mass is 371 g/mol. The maximum atomic E-state index is 13.7. The number of rotatable bonds is 5. The van der Waals surface area contributed by atoms with Crippen LogP contribution in [0.15, 0.2) is 36.4 Å². The Morgan fingerprint density at radius 1 is 1.26 bits per heavy atom. The summed E-state index contributed by atoms with van der Waals surface area (Å²) in [5, 5.41) is 0. The molecule has 0 unspecified atom stereocenters. The van der Waals surface area contributed by atoms with E-state index in [1.54, 1.807) is 11.0 Å². The van der Waals surface area contributed by atoms with Gasteiger partial charge in [-0.05, 0) is 48.7 Å². The number of nitrogens with zero attached hydrogens (tertiary/aromatic N) is 1. The van der Waals surface area contributed by atoms with Gasteiger partial charge in [-0.1, -0.05) is 18.2 Å². The molecule has 6 heteroatoms. The molecule has 1 amide bonds. The van der Waals surface area contributed by atoms with Crippen LogP contribution in [0.5, 0.6) is 5.75 Å². The first-order valence-corrected chi connectivity index (χ1v) is 8.76. The van der Waals surface area contributed by atoms with Gasteiger partial charge in [0.15, 0.2) is 11.6 Å². The molecule has 142 valence electrons. The molecule has 3 rings (SSSR count). The van der Waals surface area contributed by atoms with Crippen LogP contribution in [-0.4, -0.2) is 25.5 Å². The van der Waals surface area contributed by atoms with Crippen molar-refractivity contribution in [1.29, 1.82) is 0 Å². The van der Waals surface area contributed by atoms with E-state index in [0.717, 1.165) is 16.8 Å². The molecule has 0 radical (unpaired) electrons. The van der Waals surface area contributed by atoms with Crippen molar-refractivity contribution in [2.45, 2.75) is 26.9 Å². The van der Waals surface area contributed by atoms with Crippen molar-refractivity contribution in [1.82, 2.24) is 0 Å². The first-order chi connectivity index (χ1) is 12.9. The standard InChI is InChI=1S/C21H22FNO4/c1-13-5-4-6-18(14(13)2)23-11-16(10-20(23)24)21(25)27-12-15-7-8-19(26-3)17(22)9-15/h4-9,16H,10-12H2,1-3H3/t16-/m1/s1. The van der Waals surface area contributed by atoms with E-state index in [4.69, 9.17) is 9.47 Å². The van der Waals surface area contributed by atoms with Gasteiger partial charge in [0.2, 0.25) is 5.91 Å². The van der Waals surface area contributed by atoms with Crippen LogP contribution in [0.25, 0.3) is 0 Å². The van der Waals surface area contributed by atoms with E-state index < -0.39 is 17.7 Å². The van der Waals surface area contributed by atoms with Crippen LogP contribution in [-0.2, 0) is 20.9 Å². The lowest BCUT2D eigenvalue weighted by Crippen LogP contribution is -2.27. The zero-order valence-corrected chi connectivity index (χ0v) is 15.6. The van der Waals surface area contributed by atoms with E-state index in [1.807, 2.05) is 32.0 Å². The summed E-state index contributed by atoms with van der Waals surface area (Å²) >= 11 is 0. The zero-order chi connectivity index (χ0) is 19.6.